The van der Waals surface area contributed by atoms with Gasteiger partial charge in [0.2, 0.25) is 5.71 Å². The van der Waals surface area contributed by atoms with Crippen LogP contribution in [0.4, 0.5) is 0 Å². The molecule has 0 atom stereocenters. The number of imidazole rings is 1. The summed E-state index contributed by atoms with van der Waals surface area (Å²) < 4.78 is 41.0. The van der Waals surface area contributed by atoms with Gasteiger partial charge in [0.05, 0.1) is 27.8 Å². The zero-order chi connectivity index (χ0) is 46.8. The van der Waals surface area contributed by atoms with E-state index in [1.165, 1.54) is 27.8 Å². The Labute approximate surface area is 398 Å². The van der Waals surface area contributed by atoms with Crippen LogP contribution in [0.5, 0.6) is 0 Å². The van der Waals surface area contributed by atoms with E-state index in [1.54, 1.807) is 0 Å². The molecule has 6 nitrogen and oxygen atoms in total. The maximum absolute atomic E-state index is 8.65. The summed E-state index contributed by atoms with van der Waals surface area (Å²) in [5.41, 5.74) is 13.8. The number of benzene rings is 6. The SMILES string of the molecule is CC(C)(C)c1ccnc(-c2[c-]cccc2)c1.[2H]C([2H])([2H])c1c2oc3c(-c4nc5ccccc5n4-c4c(C(C)C)cc(-c5ccccc5)cc4C(C)C)[c-]ccc3c2nc2oc3ccccc3c12.[Ir]. The normalized spacial score (nSPS) is 12.7. The van der Waals surface area contributed by atoms with Gasteiger partial charge < -0.3 is 18.4 Å². The second kappa shape index (κ2) is 17.4. The Morgan fingerprint density at radius 1 is 0.677 bits per heavy atom. The van der Waals surface area contributed by atoms with Gasteiger partial charge in [0.1, 0.15) is 16.7 Å². The Morgan fingerprint density at radius 3 is 2.12 bits per heavy atom. The zero-order valence-electron chi connectivity index (χ0n) is 40.4. The van der Waals surface area contributed by atoms with Crippen molar-refractivity contribution in [2.24, 2.45) is 0 Å². The summed E-state index contributed by atoms with van der Waals surface area (Å²) in [5, 5.41) is 1.79. The van der Waals surface area contributed by atoms with E-state index in [1.807, 2.05) is 91.1 Å². The van der Waals surface area contributed by atoms with E-state index in [0.29, 0.717) is 44.2 Å². The van der Waals surface area contributed by atoms with Crippen molar-refractivity contribution in [2.45, 2.75) is 72.6 Å². The Bertz CT molecular complexity index is 3590. The van der Waals surface area contributed by atoms with Crippen molar-refractivity contribution < 1.29 is 33.1 Å². The van der Waals surface area contributed by atoms with Crippen LogP contribution in [0.2, 0.25) is 0 Å². The molecule has 0 aliphatic heterocycles. The van der Waals surface area contributed by atoms with Gasteiger partial charge >= 0.3 is 0 Å². The topological polar surface area (TPSA) is 69.9 Å². The maximum Gasteiger partial charge on any atom is 0.228 e. The van der Waals surface area contributed by atoms with E-state index in [9.17, 15) is 0 Å². The molecule has 11 rings (SSSR count). The molecular formula is C58H50IrN4O2-2. The molecule has 0 aliphatic carbocycles. The third-order valence-corrected chi connectivity index (χ3v) is 12.0. The van der Waals surface area contributed by atoms with Crippen molar-refractivity contribution in [1.29, 1.82) is 0 Å². The molecule has 11 aromatic rings. The first-order valence-electron chi connectivity index (χ1n) is 23.4. The molecule has 325 valence electrons. The number of nitrogens with zero attached hydrogens (tertiary/aromatic N) is 4. The number of furan rings is 2. The summed E-state index contributed by atoms with van der Waals surface area (Å²) >= 11 is 0. The van der Waals surface area contributed by atoms with E-state index in [0.717, 1.165) is 28.0 Å². The quantitative estimate of drug-likeness (QED) is 0.155. The van der Waals surface area contributed by atoms with Gasteiger partial charge in [-0.05, 0) is 99.4 Å². The Kier molecular flexibility index (Phi) is 10.7. The van der Waals surface area contributed by atoms with Gasteiger partial charge in [-0.25, -0.2) is 4.98 Å². The van der Waals surface area contributed by atoms with Gasteiger partial charge in [-0.1, -0.05) is 121 Å². The molecule has 0 aliphatic rings. The first-order chi connectivity index (χ1) is 32.2. The van der Waals surface area contributed by atoms with Crippen molar-refractivity contribution in [3.8, 4) is 39.5 Å². The molecule has 0 amide bonds. The first-order valence-corrected chi connectivity index (χ1v) is 21.9. The molecule has 0 bridgehead atoms. The van der Waals surface area contributed by atoms with Gasteiger partial charge in [-0.15, -0.1) is 54.1 Å². The maximum atomic E-state index is 8.65. The van der Waals surface area contributed by atoms with Crippen LogP contribution in [0.1, 0.15) is 86.7 Å². The average Bonchev–Trinajstić information content (AvgIpc) is 4.01. The monoisotopic (exact) mass is 1030 g/mol. The minimum atomic E-state index is -2.50. The van der Waals surface area contributed by atoms with Crippen LogP contribution in [0.3, 0.4) is 0 Å². The Balaban J connectivity index is 0.000000289. The summed E-state index contributed by atoms with van der Waals surface area (Å²) in [4.78, 5) is 14.5. The third-order valence-electron chi connectivity index (χ3n) is 12.0. The molecule has 0 spiro atoms. The van der Waals surface area contributed by atoms with Gasteiger partial charge in [-0.3, -0.25) is 4.98 Å². The standard InChI is InChI=1S/C43H34N3O2.C15H16N.Ir/c1-24(2)32-22-28(27-14-7-6-8-15-27)23-33(25(3)4)39(32)46-35-20-11-10-19-34(35)44-42(46)31-18-13-17-30-38-40(48-41(30)31)26(5)37-29-16-9-12-21-36(29)47-43(37)45-38;1-15(2,3)13-9-10-16-14(11-13)12-7-5-4-6-8-12;/h6-17,19-25H,1-5H3;4-7,9-11H,1-3H3;/q2*-1;/i5D3;;. The molecule has 7 heteroatoms. The Morgan fingerprint density at radius 2 is 1.40 bits per heavy atom. The molecule has 0 saturated carbocycles. The minimum Gasteiger partial charge on any atom is -0.499 e. The van der Waals surface area contributed by atoms with Crippen molar-refractivity contribution >= 4 is 55.2 Å². The van der Waals surface area contributed by atoms with E-state index in [4.69, 9.17) is 22.9 Å². The number of rotatable bonds is 6. The fourth-order valence-corrected chi connectivity index (χ4v) is 8.70. The van der Waals surface area contributed by atoms with E-state index in [-0.39, 0.29) is 54.2 Å². The van der Waals surface area contributed by atoms with Crippen LogP contribution >= 0.6 is 0 Å². The summed E-state index contributed by atoms with van der Waals surface area (Å²) in [5.74, 6) is 1.04. The van der Waals surface area contributed by atoms with Crippen LogP contribution in [0.15, 0.2) is 155 Å². The minimum absolute atomic E-state index is 0. The molecule has 0 unspecified atom stereocenters. The van der Waals surface area contributed by atoms with Crippen LogP contribution in [-0.4, -0.2) is 19.5 Å². The number of aromatic nitrogens is 4. The number of pyridine rings is 2. The number of hydrogen-bond donors (Lipinski definition) is 0. The van der Waals surface area contributed by atoms with Crippen LogP contribution < -0.4 is 0 Å². The van der Waals surface area contributed by atoms with Crippen LogP contribution in [0, 0.1) is 19.0 Å². The van der Waals surface area contributed by atoms with Gasteiger partial charge in [0.25, 0.3) is 0 Å². The largest absolute Gasteiger partial charge is 0.499 e. The molecule has 6 aromatic carbocycles. The van der Waals surface area contributed by atoms with Gasteiger partial charge in [0.15, 0.2) is 0 Å². The molecular weight excluding hydrogens is 977 g/mol. The predicted molar refractivity (Wildman–Crippen MR) is 263 cm³/mol. The van der Waals surface area contributed by atoms with E-state index >= 15 is 0 Å². The van der Waals surface area contributed by atoms with Gasteiger partial charge in [0, 0.05) is 47.1 Å². The van der Waals surface area contributed by atoms with Crippen LogP contribution in [-0.2, 0) is 25.5 Å². The van der Waals surface area contributed by atoms with Crippen molar-refractivity contribution in [1.82, 2.24) is 19.5 Å². The number of para-hydroxylation sites is 3. The molecule has 65 heavy (non-hydrogen) atoms. The van der Waals surface area contributed by atoms with E-state index < -0.39 is 6.85 Å². The van der Waals surface area contributed by atoms with E-state index in [2.05, 4.69) is 125 Å². The molecule has 0 saturated heterocycles. The molecule has 5 heterocycles. The van der Waals surface area contributed by atoms with Crippen LogP contribution in [0.25, 0.3) is 94.6 Å². The molecule has 1 radical (unpaired) electrons. The smallest absolute Gasteiger partial charge is 0.228 e. The first kappa shape index (κ1) is 39.9. The fourth-order valence-electron chi connectivity index (χ4n) is 8.70. The summed E-state index contributed by atoms with van der Waals surface area (Å²) in [6.07, 6.45) is 1.87. The Hall–Kier alpha value is -6.66. The van der Waals surface area contributed by atoms with Crippen molar-refractivity contribution in [3.63, 3.8) is 0 Å². The number of fused-ring (bicyclic) bond motifs is 7. The zero-order valence-corrected chi connectivity index (χ0v) is 39.8. The molecule has 0 N–H and O–H groups in total. The van der Waals surface area contributed by atoms with Gasteiger partial charge in [-0.2, -0.15) is 0 Å². The second-order valence-electron chi connectivity index (χ2n) is 18.0. The summed E-state index contributed by atoms with van der Waals surface area (Å²) in [6.45, 7) is 13.0. The summed E-state index contributed by atoms with van der Waals surface area (Å²) in [6, 6.07) is 53.1. The number of aryl methyl sites for hydroxylation is 1. The number of hydrogen-bond acceptors (Lipinski definition) is 5. The second-order valence-corrected chi connectivity index (χ2v) is 18.0. The van der Waals surface area contributed by atoms with Crippen molar-refractivity contribution in [2.75, 3.05) is 0 Å². The average molecular weight is 1030 g/mol. The third kappa shape index (κ3) is 7.87. The predicted octanol–water partition coefficient (Wildman–Crippen LogP) is 15.8. The molecule has 0 fully saturated rings. The summed E-state index contributed by atoms with van der Waals surface area (Å²) in [7, 11) is 0. The fraction of sp³-hybridized carbons (Fsp3) is 0.190. The molecule has 5 aromatic heterocycles. The van der Waals surface area contributed by atoms with Crippen molar-refractivity contribution in [3.05, 3.63) is 180 Å².